The van der Waals surface area contributed by atoms with Gasteiger partial charge < -0.3 is 0 Å². The molecule has 1 heterocycles. The molecule has 2 nitrogen and oxygen atoms in total. The number of thiophene rings is 1. The van der Waals surface area contributed by atoms with Crippen molar-refractivity contribution in [1.29, 1.82) is 0 Å². The Balaban J connectivity index is 2.12. The number of isocyanates is 1. The molecule has 0 amide bonds. The van der Waals surface area contributed by atoms with Crippen molar-refractivity contribution < 1.29 is 4.79 Å². The van der Waals surface area contributed by atoms with Crippen LogP contribution in [0.1, 0.15) is 5.56 Å². The number of nitrogens with zero attached hydrogens (tertiary/aromatic N) is 1. The summed E-state index contributed by atoms with van der Waals surface area (Å²) in [6.45, 7) is 0. The minimum Gasteiger partial charge on any atom is -0.211 e. The van der Waals surface area contributed by atoms with Gasteiger partial charge in [0.05, 0.1) is 9.90 Å². The molecule has 1 aromatic heterocycles. The monoisotopic (exact) mass is 247 g/mol. The molecule has 0 spiro atoms. The molecule has 0 unspecified atom stereocenters. The predicted molar refractivity (Wildman–Crippen MR) is 68.1 cm³/mol. The quantitative estimate of drug-likeness (QED) is 0.464. The van der Waals surface area contributed by atoms with Crippen LogP contribution in [0.4, 0.5) is 5.69 Å². The van der Waals surface area contributed by atoms with Gasteiger partial charge in [-0.3, -0.25) is 0 Å². The summed E-state index contributed by atoms with van der Waals surface area (Å²) in [5.74, 6) is 0.821. The van der Waals surface area contributed by atoms with Crippen LogP contribution in [-0.2, 0) is 10.5 Å². The normalized spacial score (nSPS) is 9.75. The first kappa shape index (κ1) is 11.1. The fourth-order valence-corrected chi connectivity index (χ4v) is 3.07. The molecule has 0 saturated carbocycles. The molecule has 0 aliphatic heterocycles. The summed E-state index contributed by atoms with van der Waals surface area (Å²) in [5.41, 5.74) is 1.77. The SMILES string of the molecule is O=C=Nc1ccccc1CSc1cccs1. The molecule has 1 aromatic carbocycles. The molecule has 0 N–H and O–H groups in total. The van der Waals surface area contributed by atoms with Gasteiger partial charge in [-0.15, -0.1) is 23.1 Å². The fraction of sp³-hybridized carbons (Fsp3) is 0.0833. The van der Waals surface area contributed by atoms with E-state index in [1.807, 2.05) is 30.3 Å². The van der Waals surface area contributed by atoms with Crippen molar-refractivity contribution in [2.75, 3.05) is 0 Å². The lowest BCUT2D eigenvalue weighted by Gasteiger charge is -2.02. The van der Waals surface area contributed by atoms with E-state index < -0.39 is 0 Å². The Morgan fingerprint density at radius 1 is 1.25 bits per heavy atom. The van der Waals surface area contributed by atoms with Crippen molar-refractivity contribution in [2.45, 2.75) is 9.96 Å². The summed E-state index contributed by atoms with van der Waals surface area (Å²) in [6, 6.07) is 11.7. The van der Waals surface area contributed by atoms with Gasteiger partial charge in [-0.2, -0.15) is 4.99 Å². The number of aliphatic imine (C=N–C) groups is 1. The van der Waals surface area contributed by atoms with E-state index in [2.05, 4.69) is 16.4 Å². The van der Waals surface area contributed by atoms with Gasteiger partial charge in [0.15, 0.2) is 0 Å². The Morgan fingerprint density at radius 2 is 2.12 bits per heavy atom. The second-order valence-electron chi connectivity index (χ2n) is 3.05. The second kappa shape index (κ2) is 5.66. The van der Waals surface area contributed by atoms with Gasteiger partial charge >= 0.3 is 0 Å². The predicted octanol–water partition coefficient (Wildman–Crippen LogP) is 4.01. The molecule has 4 heteroatoms. The van der Waals surface area contributed by atoms with Gasteiger partial charge in [0.25, 0.3) is 0 Å². The highest BCUT2D eigenvalue weighted by atomic mass is 32.2. The zero-order chi connectivity index (χ0) is 11.2. The van der Waals surface area contributed by atoms with E-state index in [4.69, 9.17) is 0 Å². The molecule has 2 rings (SSSR count). The third-order valence-corrected chi connectivity index (χ3v) is 4.20. The Kier molecular flexibility index (Phi) is 3.94. The van der Waals surface area contributed by atoms with E-state index in [0.29, 0.717) is 5.69 Å². The summed E-state index contributed by atoms with van der Waals surface area (Å²) >= 11 is 3.47. The molecule has 0 radical (unpaired) electrons. The van der Waals surface area contributed by atoms with E-state index in [1.54, 1.807) is 29.2 Å². The first-order chi connectivity index (χ1) is 7.90. The lowest BCUT2D eigenvalue weighted by atomic mass is 10.2. The van der Waals surface area contributed by atoms with Crippen LogP contribution in [0.15, 0.2) is 51.0 Å². The maximum absolute atomic E-state index is 10.3. The highest BCUT2D eigenvalue weighted by molar-refractivity contribution is 8.00. The fourth-order valence-electron chi connectivity index (χ4n) is 1.29. The first-order valence-corrected chi connectivity index (χ1v) is 6.59. The highest BCUT2D eigenvalue weighted by Gasteiger charge is 2.02. The molecular weight excluding hydrogens is 238 g/mol. The number of rotatable bonds is 4. The smallest absolute Gasteiger partial charge is 0.211 e. The van der Waals surface area contributed by atoms with Crippen molar-refractivity contribution >= 4 is 34.9 Å². The number of benzene rings is 1. The maximum atomic E-state index is 10.3. The topological polar surface area (TPSA) is 29.4 Å². The third kappa shape index (κ3) is 2.83. The average molecular weight is 247 g/mol. The van der Waals surface area contributed by atoms with E-state index >= 15 is 0 Å². The third-order valence-electron chi connectivity index (χ3n) is 2.02. The average Bonchev–Trinajstić information content (AvgIpc) is 2.81. The Morgan fingerprint density at radius 3 is 2.88 bits per heavy atom. The van der Waals surface area contributed by atoms with Gasteiger partial charge in [0.2, 0.25) is 6.08 Å². The molecule has 80 valence electrons. The van der Waals surface area contributed by atoms with Crippen LogP contribution < -0.4 is 0 Å². The summed E-state index contributed by atoms with van der Waals surface area (Å²) in [7, 11) is 0. The van der Waals surface area contributed by atoms with Gasteiger partial charge in [-0.1, -0.05) is 24.3 Å². The van der Waals surface area contributed by atoms with Gasteiger partial charge in [0, 0.05) is 5.75 Å². The number of hydrogen-bond donors (Lipinski definition) is 0. The zero-order valence-corrected chi connectivity index (χ0v) is 10.1. The van der Waals surface area contributed by atoms with E-state index in [0.717, 1.165) is 11.3 Å². The molecule has 16 heavy (non-hydrogen) atoms. The zero-order valence-electron chi connectivity index (χ0n) is 8.42. The highest BCUT2D eigenvalue weighted by Crippen LogP contribution is 2.30. The van der Waals surface area contributed by atoms with Crippen LogP contribution in [0.25, 0.3) is 0 Å². The standard InChI is InChI=1S/C12H9NOS2/c14-9-13-11-5-2-1-4-10(11)8-16-12-6-3-7-15-12/h1-7H,8H2. The van der Waals surface area contributed by atoms with E-state index in [1.165, 1.54) is 4.21 Å². The van der Waals surface area contributed by atoms with Crippen LogP contribution in [0.3, 0.4) is 0 Å². The van der Waals surface area contributed by atoms with E-state index in [9.17, 15) is 4.79 Å². The molecule has 0 saturated heterocycles. The summed E-state index contributed by atoms with van der Waals surface area (Å²) in [6.07, 6.45) is 1.59. The summed E-state index contributed by atoms with van der Waals surface area (Å²) < 4.78 is 1.27. The summed E-state index contributed by atoms with van der Waals surface area (Å²) in [5, 5.41) is 2.05. The van der Waals surface area contributed by atoms with Crippen LogP contribution in [0.5, 0.6) is 0 Å². The number of para-hydroxylation sites is 1. The Labute approximate surface area is 102 Å². The van der Waals surface area contributed by atoms with Crippen LogP contribution in [-0.4, -0.2) is 6.08 Å². The molecule has 2 aromatic rings. The molecule has 0 aliphatic carbocycles. The second-order valence-corrected chi connectivity index (χ2v) is 5.28. The molecule has 0 atom stereocenters. The van der Waals surface area contributed by atoms with Gasteiger partial charge in [0.1, 0.15) is 0 Å². The lowest BCUT2D eigenvalue weighted by Crippen LogP contribution is -1.80. The van der Waals surface area contributed by atoms with Crippen molar-refractivity contribution in [2.24, 2.45) is 4.99 Å². The van der Waals surface area contributed by atoms with Crippen LogP contribution in [0.2, 0.25) is 0 Å². The van der Waals surface area contributed by atoms with Crippen LogP contribution in [0, 0.1) is 0 Å². The van der Waals surface area contributed by atoms with Crippen molar-refractivity contribution in [3.63, 3.8) is 0 Å². The molecule has 0 fully saturated rings. The minimum atomic E-state index is 0.710. The Hall–Kier alpha value is -1.35. The van der Waals surface area contributed by atoms with Gasteiger partial charge in [-0.05, 0) is 23.1 Å². The van der Waals surface area contributed by atoms with Crippen molar-refractivity contribution in [1.82, 2.24) is 0 Å². The maximum Gasteiger partial charge on any atom is 0.240 e. The van der Waals surface area contributed by atoms with Crippen molar-refractivity contribution in [3.05, 3.63) is 47.3 Å². The van der Waals surface area contributed by atoms with Gasteiger partial charge in [-0.25, -0.2) is 4.79 Å². The summed E-state index contributed by atoms with van der Waals surface area (Å²) in [4.78, 5) is 14.0. The largest absolute Gasteiger partial charge is 0.240 e. The lowest BCUT2D eigenvalue weighted by molar-refractivity contribution is 0.565. The number of thioether (sulfide) groups is 1. The number of carbonyl (C=O) groups excluding carboxylic acids is 1. The van der Waals surface area contributed by atoms with Crippen LogP contribution >= 0.6 is 23.1 Å². The Bertz CT molecular complexity index is 501. The van der Waals surface area contributed by atoms with E-state index in [-0.39, 0.29) is 0 Å². The molecular formula is C12H9NOS2. The first-order valence-electron chi connectivity index (χ1n) is 4.72. The minimum absolute atomic E-state index is 0.710. The molecule has 0 aliphatic rings. The molecule has 0 bridgehead atoms. The number of hydrogen-bond acceptors (Lipinski definition) is 4. The van der Waals surface area contributed by atoms with Crippen molar-refractivity contribution in [3.8, 4) is 0 Å².